The molecule has 2 aromatic rings. The average Bonchev–Trinajstić information content (AvgIpc) is 3.49. The van der Waals surface area contributed by atoms with Gasteiger partial charge in [-0.2, -0.15) is 0 Å². The molecular weight excluding hydrogens is 430 g/mol. The lowest BCUT2D eigenvalue weighted by Crippen LogP contribution is -2.17. The zero-order valence-corrected chi connectivity index (χ0v) is 21.7. The van der Waals surface area contributed by atoms with Gasteiger partial charge in [-0.15, -0.1) is 0 Å². The van der Waals surface area contributed by atoms with Crippen LogP contribution in [0.15, 0.2) is 47.1 Å². The highest BCUT2D eigenvalue weighted by atomic mass is 15.1. The predicted molar refractivity (Wildman–Crippen MR) is 147 cm³/mol. The largest absolute Gasteiger partial charge is 0.382 e. The highest BCUT2D eigenvalue weighted by Crippen LogP contribution is 2.27. The normalized spacial score (nSPS) is 19.1. The molecule has 1 aliphatic carbocycles. The molecule has 2 heterocycles. The number of hydrogen-bond donors (Lipinski definition) is 2. The van der Waals surface area contributed by atoms with Gasteiger partial charge in [-0.25, -0.2) is 9.98 Å². The first-order chi connectivity index (χ1) is 17.1. The Labute approximate surface area is 211 Å². The van der Waals surface area contributed by atoms with Crippen LogP contribution in [-0.2, 0) is 19.5 Å². The van der Waals surface area contributed by atoms with Gasteiger partial charge in [0.05, 0.1) is 5.69 Å². The number of fused-ring (bicyclic) bond motifs is 1. The number of aromatic nitrogens is 2. The van der Waals surface area contributed by atoms with E-state index in [1.165, 1.54) is 43.2 Å². The quantitative estimate of drug-likeness (QED) is 0.395. The maximum Gasteiger partial charge on any atom is 0.151 e. The third-order valence-electron chi connectivity index (χ3n) is 7.32. The summed E-state index contributed by atoms with van der Waals surface area (Å²) in [5, 5.41) is 3.64. The van der Waals surface area contributed by atoms with Crippen molar-refractivity contribution < 1.29 is 0 Å². The lowest BCUT2D eigenvalue weighted by Gasteiger charge is -2.13. The standard InChI is InChI=1S/C30H43N5/c1-3-4-14-28-34-29-27(13-7-5-6-10-23(2)33-30(29)31)35(28)22-26-17-15-25(16-18-26)21-32-20-19-24-11-8-9-12-24/h7,10,13,15-18,24,32H,3-6,8-9,11-12,14,19-22H2,1-2H3,(H2,31,33)/b13-7+,23-10+. The third-order valence-corrected chi connectivity index (χ3v) is 7.32. The molecule has 5 heteroatoms. The van der Waals surface area contributed by atoms with E-state index in [0.717, 1.165) is 80.6 Å². The molecule has 2 aliphatic rings. The Morgan fingerprint density at radius 2 is 1.86 bits per heavy atom. The number of unbranched alkanes of at least 4 members (excludes halogenated alkanes) is 1. The Morgan fingerprint density at radius 1 is 1.09 bits per heavy atom. The second-order valence-electron chi connectivity index (χ2n) is 10.2. The number of imidazole rings is 1. The molecular formula is C30H43N5. The molecule has 0 radical (unpaired) electrons. The van der Waals surface area contributed by atoms with Crippen molar-refractivity contribution in [1.29, 1.82) is 0 Å². The predicted octanol–water partition coefficient (Wildman–Crippen LogP) is 6.36. The Bertz CT molecular complexity index is 1040. The number of nitrogens with two attached hydrogens (primary N) is 1. The van der Waals surface area contributed by atoms with Crippen LogP contribution in [0.1, 0.15) is 100.0 Å². The highest BCUT2D eigenvalue weighted by molar-refractivity contribution is 5.99. The smallest absolute Gasteiger partial charge is 0.151 e. The maximum absolute atomic E-state index is 6.44. The SMILES string of the molecule is CCCCc1nc2c(n1Cc1ccc(CNCCC3CCCC3)cc1)/C=C/CC/C=C(\C)N=C2N. The first-order valence-corrected chi connectivity index (χ1v) is 13.7. The molecule has 1 fully saturated rings. The van der Waals surface area contributed by atoms with Gasteiger partial charge in [-0.3, -0.25) is 0 Å². The molecule has 4 rings (SSSR count). The zero-order chi connectivity index (χ0) is 24.5. The molecule has 0 unspecified atom stereocenters. The lowest BCUT2D eigenvalue weighted by atomic mass is 10.0. The van der Waals surface area contributed by atoms with Crippen molar-refractivity contribution in [2.45, 2.75) is 91.1 Å². The van der Waals surface area contributed by atoms with Crippen molar-refractivity contribution in [2.75, 3.05) is 6.54 Å². The van der Waals surface area contributed by atoms with E-state index < -0.39 is 0 Å². The van der Waals surface area contributed by atoms with Crippen molar-refractivity contribution in [3.05, 3.63) is 70.5 Å². The average molecular weight is 474 g/mol. The topological polar surface area (TPSA) is 68.2 Å². The zero-order valence-electron chi connectivity index (χ0n) is 21.7. The molecule has 0 saturated heterocycles. The summed E-state index contributed by atoms with van der Waals surface area (Å²) in [6.45, 7) is 7.10. The second-order valence-corrected chi connectivity index (χ2v) is 10.2. The maximum atomic E-state index is 6.44. The molecule has 35 heavy (non-hydrogen) atoms. The van der Waals surface area contributed by atoms with Crippen LogP contribution in [0, 0.1) is 5.92 Å². The molecule has 1 saturated carbocycles. The number of amidine groups is 1. The van der Waals surface area contributed by atoms with Gasteiger partial charge in [0.25, 0.3) is 0 Å². The Balaban J connectivity index is 1.48. The number of rotatable bonds is 10. The van der Waals surface area contributed by atoms with Crippen LogP contribution < -0.4 is 11.1 Å². The summed E-state index contributed by atoms with van der Waals surface area (Å²) in [6, 6.07) is 9.05. The van der Waals surface area contributed by atoms with Gasteiger partial charge in [-0.1, -0.05) is 75.4 Å². The molecule has 0 bridgehead atoms. The molecule has 0 spiro atoms. The lowest BCUT2D eigenvalue weighted by molar-refractivity contribution is 0.477. The van der Waals surface area contributed by atoms with E-state index >= 15 is 0 Å². The van der Waals surface area contributed by atoms with Crippen LogP contribution in [-0.4, -0.2) is 21.9 Å². The van der Waals surface area contributed by atoms with Gasteiger partial charge in [0.1, 0.15) is 11.5 Å². The second kappa shape index (κ2) is 12.9. The van der Waals surface area contributed by atoms with E-state index in [1.54, 1.807) is 0 Å². The Morgan fingerprint density at radius 3 is 2.63 bits per heavy atom. The van der Waals surface area contributed by atoms with E-state index in [1.807, 2.05) is 6.92 Å². The molecule has 1 aromatic heterocycles. The van der Waals surface area contributed by atoms with Crippen LogP contribution in [0.25, 0.3) is 6.08 Å². The number of aryl methyl sites for hydroxylation is 1. The molecule has 5 nitrogen and oxygen atoms in total. The summed E-state index contributed by atoms with van der Waals surface area (Å²) in [5.41, 5.74) is 11.9. The van der Waals surface area contributed by atoms with Crippen LogP contribution in [0.3, 0.4) is 0 Å². The van der Waals surface area contributed by atoms with E-state index in [-0.39, 0.29) is 0 Å². The van der Waals surface area contributed by atoms with Crippen molar-refractivity contribution in [2.24, 2.45) is 16.6 Å². The number of nitrogens with zero attached hydrogens (tertiary/aromatic N) is 3. The minimum Gasteiger partial charge on any atom is -0.382 e. The Kier molecular flexibility index (Phi) is 9.35. The Hall–Kier alpha value is -2.66. The summed E-state index contributed by atoms with van der Waals surface area (Å²) in [7, 11) is 0. The monoisotopic (exact) mass is 473 g/mol. The number of hydrogen-bond acceptors (Lipinski definition) is 4. The summed E-state index contributed by atoms with van der Waals surface area (Å²) < 4.78 is 2.35. The van der Waals surface area contributed by atoms with E-state index in [9.17, 15) is 0 Å². The van der Waals surface area contributed by atoms with Crippen LogP contribution in [0.5, 0.6) is 0 Å². The summed E-state index contributed by atoms with van der Waals surface area (Å²) in [6.07, 6.45) is 18.8. The number of nitrogens with one attached hydrogen (secondary N) is 1. The molecule has 3 N–H and O–H groups in total. The minimum atomic E-state index is 0.510. The van der Waals surface area contributed by atoms with Gasteiger partial charge in [0.15, 0.2) is 5.84 Å². The van der Waals surface area contributed by atoms with Crippen LogP contribution >= 0.6 is 0 Å². The summed E-state index contributed by atoms with van der Waals surface area (Å²) in [5.74, 6) is 2.55. The van der Waals surface area contributed by atoms with Gasteiger partial charge < -0.3 is 15.6 Å². The first kappa shape index (κ1) is 25.4. The van der Waals surface area contributed by atoms with E-state index in [0.29, 0.717) is 5.84 Å². The van der Waals surface area contributed by atoms with Crippen LogP contribution in [0.2, 0.25) is 0 Å². The molecule has 1 aromatic carbocycles. The summed E-state index contributed by atoms with van der Waals surface area (Å²) >= 11 is 0. The van der Waals surface area contributed by atoms with Crippen molar-refractivity contribution in [3.8, 4) is 0 Å². The van der Waals surface area contributed by atoms with Crippen molar-refractivity contribution in [1.82, 2.24) is 14.9 Å². The van der Waals surface area contributed by atoms with E-state index in [4.69, 9.17) is 10.7 Å². The van der Waals surface area contributed by atoms with Crippen molar-refractivity contribution >= 4 is 11.9 Å². The third kappa shape index (κ3) is 7.17. The minimum absolute atomic E-state index is 0.510. The van der Waals surface area contributed by atoms with Gasteiger partial charge >= 0.3 is 0 Å². The highest BCUT2D eigenvalue weighted by Gasteiger charge is 2.19. The van der Waals surface area contributed by atoms with Crippen molar-refractivity contribution in [3.63, 3.8) is 0 Å². The molecule has 0 atom stereocenters. The molecule has 0 amide bonds. The molecule has 188 valence electrons. The van der Waals surface area contributed by atoms with Gasteiger partial charge in [0, 0.05) is 25.2 Å². The number of benzene rings is 1. The first-order valence-electron chi connectivity index (χ1n) is 13.7. The fraction of sp³-hybridized carbons (Fsp3) is 0.533. The van der Waals surface area contributed by atoms with Gasteiger partial charge in [0.2, 0.25) is 0 Å². The van der Waals surface area contributed by atoms with E-state index in [2.05, 4.69) is 64.3 Å². The fourth-order valence-electron chi connectivity index (χ4n) is 5.23. The number of allylic oxidation sites excluding steroid dienone is 3. The fourth-order valence-corrected chi connectivity index (χ4v) is 5.23. The van der Waals surface area contributed by atoms with Crippen LogP contribution in [0.4, 0.5) is 0 Å². The van der Waals surface area contributed by atoms with Gasteiger partial charge in [-0.05, 0) is 62.3 Å². The molecule has 1 aliphatic heterocycles. The number of aliphatic imine (C=N–C) groups is 1. The summed E-state index contributed by atoms with van der Waals surface area (Å²) in [4.78, 5) is 9.62.